The molecule has 0 spiro atoms. The maximum atomic E-state index is 8.52. The van der Waals surface area contributed by atoms with Crippen LogP contribution in [0, 0.1) is 11.3 Å². The van der Waals surface area contributed by atoms with Gasteiger partial charge in [-0.05, 0) is 13.3 Å². The van der Waals surface area contributed by atoms with E-state index in [0.717, 1.165) is 6.42 Å². The van der Waals surface area contributed by atoms with Crippen LogP contribution in [0.5, 0.6) is 0 Å². The Morgan fingerprint density at radius 1 is 1.82 bits per heavy atom. The van der Waals surface area contributed by atoms with E-state index in [1.807, 2.05) is 0 Å². The third-order valence-corrected chi connectivity index (χ3v) is 2.24. The van der Waals surface area contributed by atoms with Gasteiger partial charge in [0.15, 0.2) is 6.10 Å². The molecule has 3 heteroatoms. The van der Waals surface area contributed by atoms with Gasteiger partial charge in [-0.15, -0.1) is 0 Å². The summed E-state index contributed by atoms with van der Waals surface area (Å²) in [6, 6.07) is 2.08. The molecule has 2 atom stereocenters. The van der Waals surface area contributed by atoms with Crippen LogP contribution in [0.25, 0.3) is 0 Å². The summed E-state index contributed by atoms with van der Waals surface area (Å²) in [5.74, 6) is 0. The van der Waals surface area contributed by atoms with Crippen LogP contribution in [0.15, 0.2) is 0 Å². The highest BCUT2D eigenvalue weighted by Gasteiger charge is 2.29. The van der Waals surface area contributed by atoms with Gasteiger partial charge in [0.1, 0.15) is 0 Å². The van der Waals surface area contributed by atoms with E-state index in [9.17, 15) is 0 Å². The summed E-state index contributed by atoms with van der Waals surface area (Å²) in [4.78, 5) is 0. The van der Waals surface area contributed by atoms with Gasteiger partial charge in [-0.3, -0.25) is 0 Å². The van der Waals surface area contributed by atoms with Crippen molar-refractivity contribution >= 4 is 0 Å². The number of ether oxygens (including phenoxy) is 1. The fourth-order valence-corrected chi connectivity index (χ4v) is 1.04. The van der Waals surface area contributed by atoms with E-state index < -0.39 is 0 Å². The van der Waals surface area contributed by atoms with Crippen LogP contribution in [0.2, 0.25) is 0 Å². The van der Waals surface area contributed by atoms with Crippen LogP contribution in [0.3, 0.4) is 0 Å². The summed E-state index contributed by atoms with van der Waals surface area (Å²) in [5.41, 5.74) is 0.0767. The molecule has 2 unspecified atom stereocenters. The van der Waals surface area contributed by atoms with Crippen LogP contribution in [-0.2, 0) is 4.74 Å². The van der Waals surface area contributed by atoms with Crippen molar-refractivity contribution in [3.05, 3.63) is 0 Å². The van der Waals surface area contributed by atoms with Crippen molar-refractivity contribution in [2.75, 3.05) is 13.2 Å². The van der Waals surface area contributed by atoms with Crippen molar-refractivity contribution in [3.8, 4) is 6.07 Å². The topological polar surface area (TPSA) is 45.0 Å². The quantitative estimate of drug-likeness (QED) is 0.603. The molecule has 0 bridgehead atoms. The second-order valence-corrected chi connectivity index (χ2v) is 3.22. The maximum absolute atomic E-state index is 8.52. The molecule has 1 rings (SSSR count). The summed E-state index contributed by atoms with van der Waals surface area (Å²) >= 11 is 0. The first kappa shape index (κ1) is 8.51. The molecule has 1 aliphatic heterocycles. The number of nitrogens with zero attached hydrogens (tertiary/aromatic N) is 1. The minimum atomic E-state index is -0.255. The average molecular weight is 154 g/mol. The average Bonchev–Trinajstić information content (AvgIpc) is 2.06. The van der Waals surface area contributed by atoms with Crippen molar-refractivity contribution in [2.24, 2.45) is 0 Å². The predicted octanol–water partition coefficient (Wildman–Crippen LogP) is 0.667. The van der Waals surface area contributed by atoms with Crippen LogP contribution >= 0.6 is 0 Å². The molecule has 1 heterocycles. The molecular weight excluding hydrogens is 140 g/mol. The largest absolute Gasteiger partial charge is 0.360 e. The van der Waals surface area contributed by atoms with Crippen molar-refractivity contribution in [1.29, 1.82) is 5.26 Å². The first-order valence-corrected chi connectivity index (χ1v) is 3.96. The van der Waals surface area contributed by atoms with Crippen LogP contribution in [-0.4, -0.2) is 24.8 Å². The number of nitriles is 1. The molecule has 62 valence electrons. The van der Waals surface area contributed by atoms with Gasteiger partial charge in [0.25, 0.3) is 0 Å². The second kappa shape index (κ2) is 3.21. The van der Waals surface area contributed by atoms with Gasteiger partial charge in [0.05, 0.1) is 12.7 Å². The Morgan fingerprint density at radius 3 is 2.91 bits per heavy atom. The molecule has 1 fully saturated rings. The van der Waals surface area contributed by atoms with Gasteiger partial charge in [-0.2, -0.15) is 5.26 Å². The third kappa shape index (κ3) is 1.92. The molecule has 1 N–H and O–H groups in total. The standard InChI is InChI=1S/C8H14N2O/c1-3-8(2)6-11-7(4-9)5-10-8/h7,10H,3,5-6H2,1-2H3. The molecule has 0 aromatic heterocycles. The van der Waals surface area contributed by atoms with E-state index in [2.05, 4.69) is 25.2 Å². The van der Waals surface area contributed by atoms with Crippen LogP contribution < -0.4 is 5.32 Å². The van der Waals surface area contributed by atoms with Gasteiger partial charge in [-0.1, -0.05) is 6.92 Å². The Morgan fingerprint density at radius 2 is 2.55 bits per heavy atom. The third-order valence-electron chi connectivity index (χ3n) is 2.24. The minimum Gasteiger partial charge on any atom is -0.360 e. The smallest absolute Gasteiger partial charge is 0.156 e. The van der Waals surface area contributed by atoms with Crippen molar-refractivity contribution in [3.63, 3.8) is 0 Å². The van der Waals surface area contributed by atoms with Crippen molar-refractivity contribution in [1.82, 2.24) is 5.32 Å². The van der Waals surface area contributed by atoms with Crippen molar-refractivity contribution < 1.29 is 4.74 Å². The van der Waals surface area contributed by atoms with E-state index in [1.165, 1.54) is 0 Å². The zero-order valence-corrected chi connectivity index (χ0v) is 7.05. The highest BCUT2D eigenvalue weighted by atomic mass is 16.5. The summed E-state index contributed by atoms with van der Waals surface area (Å²) in [5, 5.41) is 11.8. The monoisotopic (exact) mass is 154 g/mol. The molecule has 0 saturated carbocycles. The number of hydrogen-bond donors (Lipinski definition) is 1. The van der Waals surface area contributed by atoms with Crippen LogP contribution in [0.4, 0.5) is 0 Å². The van der Waals surface area contributed by atoms with Crippen LogP contribution in [0.1, 0.15) is 20.3 Å². The number of morpholine rings is 1. The Kier molecular flexibility index (Phi) is 2.48. The summed E-state index contributed by atoms with van der Waals surface area (Å²) in [6.45, 7) is 5.52. The van der Waals surface area contributed by atoms with Gasteiger partial charge in [0, 0.05) is 12.1 Å². The highest BCUT2D eigenvalue weighted by Crippen LogP contribution is 2.14. The van der Waals surface area contributed by atoms with Crippen molar-refractivity contribution in [2.45, 2.75) is 31.9 Å². The highest BCUT2D eigenvalue weighted by molar-refractivity contribution is 4.95. The van der Waals surface area contributed by atoms with Gasteiger partial charge in [0.2, 0.25) is 0 Å². The lowest BCUT2D eigenvalue weighted by Gasteiger charge is -2.35. The van der Waals surface area contributed by atoms with E-state index in [4.69, 9.17) is 10.00 Å². The fraction of sp³-hybridized carbons (Fsp3) is 0.875. The lowest BCUT2D eigenvalue weighted by atomic mass is 9.98. The maximum Gasteiger partial charge on any atom is 0.156 e. The molecule has 1 saturated heterocycles. The molecule has 1 aliphatic rings. The number of rotatable bonds is 1. The summed E-state index contributed by atoms with van der Waals surface area (Å²) in [6.07, 6.45) is 0.778. The SMILES string of the molecule is CCC1(C)COC(C#N)CN1. The Hall–Kier alpha value is -0.590. The van der Waals surface area contributed by atoms with E-state index in [1.54, 1.807) is 0 Å². The van der Waals surface area contributed by atoms with E-state index in [0.29, 0.717) is 13.2 Å². The predicted molar refractivity (Wildman–Crippen MR) is 42.1 cm³/mol. The minimum absolute atomic E-state index is 0.0767. The van der Waals surface area contributed by atoms with Gasteiger partial charge in [-0.25, -0.2) is 0 Å². The first-order valence-electron chi connectivity index (χ1n) is 3.96. The Labute approximate surface area is 67.3 Å². The summed E-state index contributed by atoms with van der Waals surface area (Å²) in [7, 11) is 0. The molecule has 0 radical (unpaired) electrons. The molecule has 3 nitrogen and oxygen atoms in total. The van der Waals surface area contributed by atoms with E-state index >= 15 is 0 Å². The second-order valence-electron chi connectivity index (χ2n) is 3.22. The zero-order valence-electron chi connectivity index (χ0n) is 7.05. The molecule has 0 aliphatic carbocycles. The van der Waals surface area contributed by atoms with Gasteiger partial charge >= 0.3 is 0 Å². The Balaban J connectivity index is 2.42. The van der Waals surface area contributed by atoms with E-state index in [-0.39, 0.29) is 11.6 Å². The molecule has 0 amide bonds. The molecule has 11 heavy (non-hydrogen) atoms. The number of nitrogens with one attached hydrogen (secondary N) is 1. The lowest BCUT2D eigenvalue weighted by molar-refractivity contribution is -0.00107. The molecule has 0 aromatic carbocycles. The number of hydrogen-bond acceptors (Lipinski definition) is 3. The first-order chi connectivity index (χ1) is 5.20. The Bertz CT molecular complexity index is 165. The molecule has 0 aromatic rings. The lowest BCUT2D eigenvalue weighted by Crippen LogP contribution is -2.54. The fourth-order valence-electron chi connectivity index (χ4n) is 1.04. The molecular formula is C8H14N2O. The van der Waals surface area contributed by atoms with Gasteiger partial charge < -0.3 is 10.1 Å². The summed E-state index contributed by atoms with van der Waals surface area (Å²) < 4.78 is 5.31. The normalized spacial score (nSPS) is 38.1. The zero-order chi connectivity index (χ0) is 8.32.